The van der Waals surface area contributed by atoms with Crippen LogP contribution in [0.2, 0.25) is 0 Å². The van der Waals surface area contributed by atoms with Gasteiger partial charge in [0.15, 0.2) is 0 Å². The third-order valence-corrected chi connectivity index (χ3v) is 3.77. The van der Waals surface area contributed by atoms with Gasteiger partial charge in [-0.25, -0.2) is 0 Å². The first kappa shape index (κ1) is 14.0. The Kier molecular flexibility index (Phi) is 5.77. The Labute approximate surface area is 101 Å². The molecule has 1 unspecified atom stereocenters. The summed E-state index contributed by atoms with van der Waals surface area (Å²) < 4.78 is 0. The first-order valence-corrected chi connectivity index (χ1v) is 6.88. The maximum absolute atomic E-state index is 9.19. The molecule has 0 aromatic heterocycles. The molecule has 1 fully saturated rings. The van der Waals surface area contributed by atoms with Gasteiger partial charge in [-0.2, -0.15) is 0 Å². The summed E-state index contributed by atoms with van der Waals surface area (Å²) >= 11 is 0. The van der Waals surface area contributed by atoms with Crippen molar-refractivity contribution < 1.29 is 5.11 Å². The zero-order valence-corrected chi connectivity index (χ0v) is 11.3. The van der Waals surface area contributed by atoms with E-state index in [0.717, 1.165) is 12.5 Å². The summed E-state index contributed by atoms with van der Waals surface area (Å²) in [6.45, 7) is 7.66. The van der Waals surface area contributed by atoms with Gasteiger partial charge in [-0.05, 0) is 19.3 Å². The summed E-state index contributed by atoms with van der Waals surface area (Å²) in [5.41, 5.74) is 0.0147. The van der Waals surface area contributed by atoms with Crippen LogP contribution in [0.15, 0.2) is 0 Å². The van der Waals surface area contributed by atoms with Crippen LogP contribution in [0.5, 0.6) is 0 Å². The Morgan fingerprint density at radius 3 is 2.44 bits per heavy atom. The van der Waals surface area contributed by atoms with E-state index >= 15 is 0 Å². The smallest absolute Gasteiger partial charge is 0.0494 e. The first-order valence-electron chi connectivity index (χ1n) is 6.88. The van der Waals surface area contributed by atoms with Gasteiger partial charge in [-0.1, -0.05) is 46.0 Å². The Bertz CT molecular complexity index is 185. The van der Waals surface area contributed by atoms with Gasteiger partial charge >= 0.3 is 0 Å². The van der Waals surface area contributed by atoms with Crippen LogP contribution in [0.1, 0.15) is 59.3 Å². The molecule has 96 valence electrons. The lowest BCUT2D eigenvalue weighted by molar-refractivity contribution is 0.151. The van der Waals surface area contributed by atoms with E-state index in [4.69, 9.17) is 0 Å². The minimum absolute atomic E-state index is 0.0147. The summed E-state index contributed by atoms with van der Waals surface area (Å²) in [7, 11) is 0. The standard InChI is InChI=1S/C14H29NO/c1-12(15-10-14(2,3)11-16)9-13-7-5-4-6-8-13/h12-13,15-16H,4-11H2,1-3H3. The Balaban J connectivity index is 2.17. The first-order chi connectivity index (χ1) is 7.53. The van der Waals surface area contributed by atoms with Gasteiger partial charge in [0.05, 0.1) is 0 Å². The predicted octanol–water partition coefficient (Wildman–Crippen LogP) is 2.95. The van der Waals surface area contributed by atoms with Crippen LogP contribution in [0, 0.1) is 11.3 Å². The van der Waals surface area contributed by atoms with Gasteiger partial charge in [-0.15, -0.1) is 0 Å². The second kappa shape index (κ2) is 6.61. The van der Waals surface area contributed by atoms with Crippen molar-refractivity contribution in [2.24, 2.45) is 11.3 Å². The van der Waals surface area contributed by atoms with Crippen molar-refractivity contribution in [1.29, 1.82) is 0 Å². The van der Waals surface area contributed by atoms with E-state index in [1.54, 1.807) is 0 Å². The lowest BCUT2D eigenvalue weighted by atomic mass is 9.85. The average molecular weight is 227 g/mol. The van der Waals surface area contributed by atoms with Crippen LogP contribution in [-0.4, -0.2) is 24.3 Å². The summed E-state index contributed by atoms with van der Waals surface area (Å²) in [6, 6.07) is 0.592. The van der Waals surface area contributed by atoms with Crippen molar-refractivity contribution in [3.63, 3.8) is 0 Å². The topological polar surface area (TPSA) is 32.3 Å². The van der Waals surface area contributed by atoms with Gasteiger partial charge in [0.25, 0.3) is 0 Å². The largest absolute Gasteiger partial charge is 0.396 e. The van der Waals surface area contributed by atoms with E-state index in [9.17, 15) is 5.11 Å². The molecule has 1 atom stereocenters. The molecule has 0 aliphatic heterocycles. The second-order valence-corrected chi connectivity index (χ2v) is 6.34. The molecule has 0 radical (unpaired) electrons. The number of aliphatic hydroxyl groups is 1. The third-order valence-electron chi connectivity index (χ3n) is 3.77. The highest BCUT2D eigenvalue weighted by Crippen LogP contribution is 2.27. The molecular formula is C14H29NO. The van der Waals surface area contributed by atoms with Crippen molar-refractivity contribution in [3.05, 3.63) is 0 Å². The van der Waals surface area contributed by atoms with Crippen LogP contribution < -0.4 is 5.32 Å². The Morgan fingerprint density at radius 2 is 1.88 bits per heavy atom. The zero-order valence-electron chi connectivity index (χ0n) is 11.3. The maximum atomic E-state index is 9.19. The van der Waals surface area contributed by atoms with Gasteiger partial charge in [0.2, 0.25) is 0 Å². The molecule has 0 bridgehead atoms. The van der Waals surface area contributed by atoms with E-state index in [1.165, 1.54) is 38.5 Å². The van der Waals surface area contributed by atoms with Crippen LogP contribution in [0.4, 0.5) is 0 Å². The van der Waals surface area contributed by atoms with Crippen molar-refractivity contribution >= 4 is 0 Å². The van der Waals surface area contributed by atoms with Gasteiger partial charge in [0, 0.05) is 24.6 Å². The number of hydrogen-bond donors (Lipinski definition) is 2. The molecule has 1 rings (SSSR count). The average Bonchev–Trinajstić information content (AvgIpc) is 2.28. The van der Waals surface area contributed by atoms with Crippen LogP contribution in [-0.2, 0) is 0 Å². The maximum Gasteiger partial charge on any atom is 0.0494 e. The molecule has 2 nitrogen and oxygen atoms in total. The highest BCUT2D eigenvalue weighted by Gasteiger charge is 2.20. The predicted molar refractivity (Wildman–Crippen MR) is 69.5 cm³/mol. The van der Waals surface area contributed by atoms with Crippen LogP contribution >= 0.6 is 0 Å². The molecule has 16 heavy (non-hydrogen) atoms. The summed E-state index contributed by atoms with van der Waals surface area (Å²) in [5, 5.41) is 12.7. The molecule has 1 aliphatic carbocycles. The molecule has 0 aromatic rings. The van der Waals surface area contributed by atoms with E-state index in [-0.39, 0.29) is 12.0 Å². The molecule has 1 aliphatic rings. The highest BCUT2D eigenvalue weighted by molar-refractivity contribution is 4.76. The van der Waals surface area contributed by atoms with Crippen molar-refractivity contribution in [1.82, 2.24) is 5.32 Å². The minimum Gasteiger partial charge on any atom is -0.396 e. The molecule has 0 heterocycles. The van der Waals surface area contributed by atoms with Crippen molar-refractivity contribution in [2.75, 3.05) is 13.2 Å². The van der Waals surface area contributed by atoms with Crippen LogP contribution in [0.3, 0.4) is 0 Å². The third kappa shape index (κ3) is 5.31. The number of hydrogen-bond acceptors (Lipinski definition) is 2. The Hall–Kier alpha value is -0.0800. The van der Waals surface area contributed by atoms with Crippen molar-refractivity contribution in [3.8, 4) is 0 Å². The second-order valence-electron chi connectivity index (χ2n) is 6.34. The molecule has 2 heteroatoms. The fourth-order valence-electron chi connectivity index (χ4n) is 2.51. The molecule has 0 aromatic carbocycles. The lowest BCUT2D eigenvalue weighted by Gasteiger charge is -2.28. The molecule has 0 spiro atoms. The summed E-state index contributed by atoms with van der Waals surface area (Å²) in [6.07, 6.45) is 8.46. The van der Waals surface area contributed by atoms with Crippen LogP contribution in [0.25, 0.3) is 0 Å². The minimum atomic E-state index is 0.0147. The number of aliphatic hydroxyl groups excluding tert-OH is 1. The molecular weight excluding hydrogens is 198 g/mol. The molecule has 0 amide bonds. The molecule has 2 N–H and O–H groups in total. The van der Waals surface area contributed by atoms with Gasteiger partial charge < -0.3 is 10.4 Å². The fourth-order valence-corrected chi connectivity index (χ4v) is 2.51. The summed E-state index contributed by atoms with van der Waals surface area (Å²) in [5.74, 6) is 0.938. The molecule has 0 saturated heterocycles. The van der Waals surface area contributed by atoms with E-state index in [1.807, 2.05) is 0 Å². The highest BCUT2D eigenvalue weighted by atomic mass is 16.3. The van der Waals surface area contributed by atoms with Crippen molar-refractivity contribution in [2.45, 2.75) is 65.3 Å². The number of nitrogens with one attached hydrogen (secondary N) is 1. The number of rotatable bonds is 6. The monoisotopic (exact) mass is 227 g/mol. The molecule has 1 saturated carbocycles. The zero-order chi connectivity index (χ0) is 12.0. The Morgan fingerprint density at radius 1 is 1.25 bits per heavy atom. The summed E-state index contributed by atoms with van der Waals surface area (Å²) in [4.78, 5) is 0. The van der Waals surface area contributed by atoms with E-state index in [0.29, 0.717) is 6.04 Å². The fraction of sp³-hybridized carbons (Fsp3) is 1.00. The SMILES string of the molecule is CC(CC1CCCCC1)NCC(C)(C)CO. The van der Waals surface area contributed by atoms with E-state index < -0.39 is 0 Å². The van der Waals surface area contributed by atoms with E-state index in [2.05, 4.69) is 26.1 Å². The lowest BCUT2D eigenvalue weighted by Crippen LogP contribution is -2.38. The normalized spacial score (nSPS) is 21.0. The van der Waals surface area contributed by atoms with Gasteiger partial charge in [-0.3, -0.25) is 0 Å². The van der Waals surface area contributed by atoms with Gasteiger partial charge in [0.1, 0.15) is 0 Å². The quantitative estimate of drug-likeness (QED) is 0.731.